The lowest BCUT2D eigenvalue weighted by molar-refractivity contribution is 0.476. The fourth-order valence-electron chi connectivity index (χ4n) is 5.00. The predicted molar refractivity (Wildman–Crippen MR) is 95.7 cm³/mol. The second-order valence-electron chi connectivity index (χ2n) is 8.16. The minimum absolute atomic E-state index is 0.790. The smallest absolute Gasteiger partial charge is 0.0819 e. The first-order valence-corrected chi connectivity index (χ1v) is 11.8. The van der Waals surface area contributed by atoms with Crippen molar-refractivity contribution in [1.29, 1.82) is 0 Å². The SMILES string of the molecule is CC(C)CC1=C[C@H]2CCC[C@H]2[C@@H]1[Si](C)(C)c1ccccc1. The molecule has 1 saturated carbocycles. The van der Waals surface area contributed by atoms with Crippen LogP contribution >= 0.6 is 0 Å². The van der Waals surface area contributed by atoms with Crippen molar-refractivity contribution in [3.8, 4) is 0 Å². The molecule has 1 heteroatoms. The molecule has 114 valence electrons. The first-order chi connectivity index (χ1) is 10.00. The van der Waals surface area contributed by atoms with Gasteiger partial charge in [0.1, 0.15) is 0 Å². The summed E-state index contributed by atoms with van der Waals surface area (Å²) in [5, 5.41) is 1.65. The Kier molecular flexibility index (Phi) is 4.14. The fraction of sp³-hybridized carbons (Fsp3) is 0.600. The molecule has 0 bridgehead atoms. The fourth-order valence-corrected chi connectivity index (χ4v) is 9.04. The summed E-state index contributed by atoms with van der Waals surface area (Å²) in [6.45, 7) is 9.98. The van der Waals surface area contributed by atoms with E-state index < -0.39 is 8.07 Å². The third-order valence-corrected chi connectivity index (χ3v) is 10.00. The van der Waals surface area contributed by atoms with E-state index in [2.05, 4.69) is 63.3 Å². The van der Waals surface area contributed by atoms with Gasteiger partial charge in [-0.3, -0.25) is 0 Å². The van der Waals surface area contributed by atoms with Crippen molar-refractivity contribution in [3.63, 3.8) is 0 Å². The second-order valence-corrected chi connectivity index (χ2v) is 12.8. The maximum atomic E-state index is 2.71. The van der Waals surface area contributed by atoms with Crippen LogP contribution in [-0.2, 0) is 0 Å². The number of hydrogen-bond acceptors (Lipinski definition) is 0. The highest BCUT2D eigenvalue weighted by Crippen LogP contribution is 2.55. The zero-order valence-corrected chi connectivity index (χ0v) is 15.1. The molecule has 0 unspecified atom stereocenters. The summed E-state index contributed by atoms with van der Waals surface area (Å²) in [5.41, 5.74) is 2.70. The van der Waals surface area contributed by atoms with Gasteiger partial charge in [0.2, 0.25) is 0 Å². The molecule has 3 atom stereocenters. The van der Waals surface area contributed by atoms with E-state index in [0.717, 1.165) is 23.3 Å². The molecule has 2 aliphatic carbocycles. The highest BCUT2D eigenvalue weighted by Gasteiger charge is 2.48. The minimum Gasteiger partial charge on any atom is -0.0819 e. The molecule has 0 saturated heterocycles. The number of benzene rings is 1. The Morgan fingerprint density at radius 3 is 2.48 bits per heavy atom. The maximum absolute atomic E-state index is 2.71. The van der Waals surface area contributed by atoms with Crippen molar-refractivity contribution in [2.24, 2.45) is 17.8 Å². The van der Waals surface area contributed by atoms with E-state index in [0.29, 0.717) is 0 Å². The van der Waals surface area contributed by atoms with Gasteiger partial charge < -0.3 is 0 Å². The third kappa shape index (κ3) is 2.77. The largest absolute Gasteiger partial charge is 0.0879 e. The van der Waals surface area contributed by atoms with Crippen molar-refractivity contribution >= 4 is 13.3 Å². The van der Waals surface area contributed by atoms with Gasteiger partial charge in [0.15, 0.2) is 0 Å². The van der Waals surface area contributed by atoms with Gasteiger partial charge >= 0.3 is 0 Å². The first-order valence-electron chi connectivity index (χ1n) is 8.76. The van der Waals surface area contributed by atoms with Crippen LogP contribution < -0.4 is 5.19 Å². The summed E-state index contributed by atoms with van der Waals surface area (Å²) in [6.07, 6.45) is 8.40. The Morgan fingerprint density at radius 2 is 1.81 bits per heavy atom. The highest BCUT2D eigenvalue weighted by atomic mass is 28.3. The molecule has 0 amide bonds. The molecule has 0 aromatic heterocycles. The first kappa shape index (κ1) is 15.1. The van der Waals surface area contributed by atoms with E-state index in [9.17, 15) is 0 Å². The molecule has 3 rings (SSSR count). The predicted octanol–water partition coefficient (Wildman–Crippen LogP) is 5.37. The van der Waals surface area contributed by atoms with Gasteiger partial charge in [-0.15, -0.1) is 0 Å². The van der Waals surface area contributed by atoms with Crippen molar-refractivity contribution in [2.75, 3.05) is 0 Å². The van der Waals surface area contributed by atoms with E-state index in [1.165, 1.54) is 25.7 Å². The summed E-state index contributed by atoms with van der Waals surface area (Å²) < 4.78 is 0. The lowest BCUT2D eigenvalue weighted by Gasteiger charge is -2.37. The van der Waals surface area contributed by atoms with E-state index in [1.54, 1.807) is 5.19 Å². The van der Waals surface area contributed by atoms with Gasteiger partial charge in [-0.05, 0) is 42.6 Å². The molecule has 0 radical (unpaired) electrons. The zero-order chi connectivity index (χ0) is 15.0. The van der Waals surface area contributed by atoms with Gasteiger partial charge in [-0.1, -0.05) is 80.5 Å². The van der Waals surface area contributed by atoms with Crippen LogP contribution in [0.5, 0.6) is 0 Å². The van der Waals surface area contributed by atoms with E-state index >= 15 is 0 Å². The summed E-state index contributed by atoms with van der Waals surface area (Å²) in [5.74, 6) is 2.65. The van der Waals surface area contributed by atoms with Crippen molar-refractivity contribution in [1.82, 2.24) is 0 Å². The molecule has 21 heavy (non-hydrogen) atoms. The van der Waals surface area contributed by atoms with Gasteiger partial charge in [-0.2, -0.15) is 0 Å². The summed E-state index contributed by atoms with van der Waals surface area (Å²) in [6, 6.07) is 11.4. The topological polar surface area (TPSA) is 0 Å². The Bertz CT molecular complexity index is 512. The van der Waals surface area contributed by atoms with Crippen molar-refractivity contribution in [2.45, 2.75) is 58.2 Å². The lowest BCUT2D eigenvalue weighted by Crippen LogP contribution is -2.48. The monoisotopic (exact) mass is 298 g/mol. The second kappa shape index (κ2) is 5.76. The van der Waals surface area contributed by atoms with Crippen molar-refractivity contribution in [3.05, 3.63) is 42.0 Å². The molecule has 0 spiro atoms. The molecule has 1 aromatic rings. The quantitative estimate of drug-likeness (QED) is 0.517. The van der Waals surface area contributed by atoms with Gasteiger partial charge in [0, 0.05) is 0 Å². The minimum atomic E-state index is -1.43. The average Bonchev–Trinajstić information content (AvgIpc) is 2.99. The standard InChI is InChI=1S/C20H30Si/c1-15(2)13-17-14-16-9-8-12-19(16)20(17)21(3,4)18-10-6-5-7-11-18/h5-7,10-11,14-16,19-20H,8-9,12-13H2,1-4H3/t16-,19-,20-/m1/s1. The van der Waals surface area contributed by atoms with Crippen LogP contribution in [0.1, 0.15) is 39.5 Å². The van der Waals surface area contributed by atoms with Crippen LogP contribution in [0.4, 0.5) is 0 Å². The average molecular weight is 299 g/mol. The van der Waals surface area contributed by atoms with Crippen LogP contribution in [0, 0.1) is 17.8 Å². The van der Waals surface area contributed by atoms with E-state index in [-0.39, 0.29) is 0 Å². The number of hydrogen-bond donors (Lipinski definition) is 0. The Hall–Kier alpha value is -0.823. The summed E-state index contributed by atoms with van der Waals surface area (Å²) >= 11 is 0. The van der Waals surface area contributed by atoms with E-state index in [1.807, 2.05) is 5.57 Å². The van der Waals surface area contributed by atoms with Crippen LogP contribution in [0.25, 0.3) is 0 Å². The molecule has 1 fully saturated rings. The van der Waals surface area contributed by atoms with Gasteiger partial charge in [0.25, 0.3) is 0 Å². The number of rotatable bonds is 4. The van der Waals surface area contributed by atoms with Crippen LogP contribution in [0.15, 0.2) is 42.0 Å². The molecule has 1 aromatic carbocycles. The van der Waals surface area contributed by atoms with Crippen molar-refractivity contribution < 1.29 is 0 Å². The van der Waals surface area contributed by atoms with Crippen LogP contribution in [-0.4, -0.2) is 8.07 Å². The Balaban J connectivity index is 1.95. The molecular formula is C20H30Si. The molecular weight excluding hydrogens is 268 g/mol. The molecule has 0 N–H and O–H groups in total. The lowest BCUT2D eigenvalue weighted by atomic mass is 9.96. The zero-order valence-electron chi connectivity index (χ0n) is 14.1. The van der Waals surface area contributed by atoms with E-state index in [4.69, 9.17) is 0 Å². The molecule has 0 aliphatic heterocycles. The molecule has 0 nitrogen and oxygen atoms in total. The molecule has 2 aliphatic rings. The maximum Gasteiger partial charge on any atom is 0.0879 e. The summed E-state index contributed by atoms with van der Waals surface area (Å²) in [7, 11) is -1.43. The Labute approximate surface area is 131 Å². The van der Waals surface area contributed by atoms with Gasteiger partial charge in [0.05, 0.1) is 8.07 Å². The number of allylic oxidation sites excluding steroid dienone is 2. The highest BCUT2D eigenvalue weighted by molar-refractivity contribution is 6.91. The van der Waals surface area contributed by atoms with Crippen LogP contribution in [0.2, 0.25) is 18.6 Å². The normalized spacial score (nSPS) is 28.8. The summed E-state index contributed by atoms with van der Waals surface area (Å²) in [4.78, 5) is 0. The number of fused-ring (bicyclic) bond motifs is 1. The molecule has 0 heterocycles. The Morgan fingerprint density at radius 1 is 1.10 bits per heavy atom. The van der Waals surface area contributed by atoms with Crippen LogP contribution in [0.3, 0.4) is 0 Å². The third-order valence-electron chi connectivity index (χ3n) is 5.82. The van der Waals surface area contributed by atoms with Gasteiger partial charge in [-0.25, -0.2) is 0 Å².